The molecule has 1 aromatic carbocycles. The zero-order valence-corrected chi connectivity index (χ0v) is 10.0. The SMILES string of the molecule is COC(=O)CC(=O)CC(OC)c1ccccc1. The number of benzene rings is 1. The summed E-state index contributed by atoms with van der Waals surface area (Å²) in [6, 6.07) is 9.43. The first kappa shape index (κ1) is 13.4. The second kappa shape index (κ2) is 6.81. The summed E-state index contributed by atoms with van der Waals surface area (Å²) in [6.45, 7) is 0. The third kappa shape index (κ3) is 4.36. The minimum atomic E-state index is -0.516. The summed E-state index contributed by atoms with van der Waals surface area (Å²) < 4.78 is 9.69. The molecule has 17 heavy (non-hydrogen) atoms. The van der Waals surface area contributed by atoms with E-state index in [0.717, 1.165) is 5.56 Å². The molecule has 0 heterocycles. The number of ketones is 1. The van der Waals surface area contributed by atoms with E-state index >= 15 is 0 Å². The van der Waals surface area contributed by atoms with Crippen molar-refractivity contribution in [3.63, 3.8) is 0 Å². The van der Waals surface area contributed by atoms with Crippen LogP contribution in [0.25, 0.3) is 0 Å². The smallest absolute Gasteiger partial charge is 0.313 e. The van der Waals surface area contributed by atoms with Crippen LogP contribution in [-0.4, -0.2) is 26.0 Å². The van der Waals surface area contributed by atoms with E-state index in [1.54, 1.807) is 7.11 Å². The maximum atomic E-state index is 11.6. The second-order valence-electron chi connectivity index (χ2n) is 3.63. The first-order valence-corrected chi connectivity index (χ1v) is 5.33. The highest BCUT2D eigenvalue weighted by molar-refractivity contribution is 5.95. The van der Waals surface area contributed by atoms with Crippen LogP contribution in [0.5, 0.6) is 0 Å². The van der Waals surface area contributed by atoms with Gasteiger partial charge in [0.2, 0.25) is 0 Å². The van der Waals surface area contributed by atoms with E-state index in [1.807, 2.05) is 30.3 Å². The predicted molar refractivity (Wildman–Crippen MR) is 62.4 cm³/mol. The lowest BCUT2D eigenvalue weighted by atomic mass is 10.0. The number of carbonyl (C=O) groups excluding carboxylic acids is 2. The summed E-state index contributed by atoms with van der Waals surface area (Å²) in [5.41, 5.74) is 0.924. The van der Waals surface area contributed by atoms with Gasteiger partial charge in [0.05, 0.1) is 13.2 Å². The van der Waals surface area contributed by atoms with Crippen molar-refractivity contribution in [2.24, 2.45) is 0 Å². The van der Waals surface area contributed by atoms with Gasteiger partial charge in [-0.25, -0.2) is 0 Å². The van der Waals surface area contributed by atoms with Gasteiger partial charge in [0.15, 0.2) is 0 Å². The quantitative estimate of drug-likeness (QED) is 0.559. The van der Waals surface area contributed by atoms with E-state index in [4.69, 9.17) is 4.74 Å². The topological polar surface area (TPSA) is 52.6 Å². The molecule has 1 unspecified atom stereocenters. The van der Waals surface area contributed by atoms with Crippen LogP contribution in [-0.2, 0) is 19.1 Å². The van der Waals surface area contributed by atoms with Crippen LogP contribution < -0.4 is 0 Å². The fourth-order valence-electron chi connectivity index (χ4n) is 1.52. The predicted octanol–water partition coefficient (Wildman–Crippen LogP) is 1.90. The molecule has 0 aromatic heterocycles. The number of rotatable bonds is 6. The number of esters is 1. The molecule has 1 rings (SSSR count). The normalized spacial score (nSPS) is 11.9. The van der Waals surface area contributed by atoms with Gasteiger partial charge in [-0.2, -0.15) is 0 Å². The standard InChI is InChI=1S/C13H16O4/c1-16-12(10-6-4-3-5-7-10)8-11(14)9-13(15)17-2/h3-7,12H,8-9H2,1-2H3. The third-order valence-electron chi connectivity index (χ3n) is 2.44. The zero-order valence-electron chi connectivity index (χ0n) is 10.0. The van der Waals surface area contributed by atoms with Crippen LogP contribution in [0.3, 0.4) is 0 Å². The monoisotopic (exact) mass is 236 g/mol. The maximum Gasteiger partial charge on any atom is 0.313 e. The number of carbonyl (C=O) groups is 2. The van der Waals surface area contributed by atoms with Crippen LogP contribution in [0.15, 0.2) is 30.3 Å². The molecular formula is C13H16O4. The van der Waals surface area contributed by atoms with Gasteiger partial charge in [0, 0.05) is 13.5 Å². The van der Waals surface area contributed by atoms with Gasteiger partial charge in [0.1, 0.15) is 12.2 Å². The fourth-order valence-corrected chi connectivity index (χ4v) is 1.52. The first-order valence-electron chi connectivity index (χ1n) is 5.33. The Morgan fingerprint density at radius 1 is 1.18 bits per heavy atom. The summed E-state index contributed by atoms with van der Waals surface area (Å²) >= 11 is 0. The van der Waals surface area contributed by atoms with Crippen LogP contribution >= 0.6 is 0 Å². The Bertz CT molecular complexity index is 372. The van der Waals surface area contributed by atoms with E-state index in [1.165, 1.54) is 7.11 Å². The van der Waals surface area contributed by atoms with Gasteiger partial charge >= 0.3 is 5.97 Å². The number of hydrogen-bond donors (Lipinski definition) is 0. The van der Waals surface area contributed by atoms with Crippen LogP contribution in [0, 0.1) is 0 Å². The van der Waals surface area contributed by atoms with E-state index in [9.17, 15) is 9.59 Å². The molecule has 4 heteroatoms. The minimum Gasteiger partial charge on any atom is -0.469 e. The van der Waals surface area contributed by atoms with Crippen molar-refractivity contribution >= 4 is 11.8 Å². The molecular weight excluding hydrogens is 220 g/mol. The maximum absolute atomic E-state index is 11.6. The minimum absolute atomic E-state index is 0.176. The Hall–Kier alpha value is -1.68. The number of ether oxygens (including phenoxy) is 2. The highest BCUT2D eigenvalue weighted by Gasteiger charge is 2.17. The fraction of sp³-hybridized carbons (Fsp3) is 0.385. The highest BCUT2D eigenvalue weighted by atomic mass is 16.5. The molecule has 0 saturated heterocycles. The van der Waals surface area contributed by atoms with Gasteiger partial charge in [-0.05, 0) is 5.56 Å². The van der Waals surface area contributed by atoms with Crippen molar-refractivity contribution in [2.75, 3.05) is 14.2 Å². The van der Waals surface area contributed by atoms with Crippen LogP contribution in [0.4, 0.5) is 0 Å². The number of methoxy groups -OCH3 is 2. The number of hydrogen-bond acceptors (Lipinski definition) is 4. The Morgan fingerprint density at radius 2 is 1.82 bits per heavy atom. The lowest BCUT2D eigenvalue weighted by molar-refractivity contribution is -0.143. The van der Waals surface area contributed by atoms with Crippen LogP contribution in [0.2, 0.25) is 0 Å². The molecule has 0 saturated carbocycles. The average Bonchev–Trinajstić information content (AvgIpc) is 2.36. The Morgan fingerprint density at radius 3 is 2.35 bits per heavy atom. The van der Waals surface area contributed by atoms with E-state index in [0.29, 0.717) is 0 Å². The van der Waals surface area contributed by atoms with Gasteiger partial charge in [-0.3, -0.25) is 9.59 Å². The zero-order chi connectivity index (χ0) is 12.7. The summed E-state index contributed by atoms with van der Waals surface area (Å²) in [6.07, 6.45) is -0.341. The average molecular weight is 236 g/mol. The van der Waals surface area contributed by atoms with E-state index in [2.05, 4.69) is 4.74 Å². The molecule has 4 nitrogen and oxygen atoms in total. The van der Waals surface area contributed by atoms with Crippen molar-refractivity contribution in [1.82, 2.24) is 0 Å². The molecule has 0 radical (unpaired) electrons. The molecule has 0 N–H and O–H groups in total. The first-order chi connectivity index (χ1) is 8.17. The summed E-state index contributed by atoms with van der Waals surface area (Å²) in [7, 11) is 2.81. The largest absolute Gasteiger partial charge is 0.469 e. The summed E-state index contributed by atoms with van der Waals surface area (Å²) in [5, 5.41) is 0. The molecule has 0 aliphatic rings. The Kier molecular flexibility index (Phi) is 5.36. The van der Waals surface area contributed by atoms with E-state index in [-0.39, 0.29) is 24.7 Å². The molecule has 0 aliphatic heterocycles. The van der Waals surface area contributed by atoms with Gasteiger partial charge in [-0.15, -0.1) is 0 Å². The van der Waals surface area contributed by atoms with Gasteiger partial charge in [0.25, 0.3) is 0 Å². The third-order valence-corrected chi connectivity index (χ3v) is 2.44. The Balaban J connectivity index is 2.59. The molecule has 0 amide bonds. The Labute approximate surface area is 101 Å². The molecule has 92 valence electrons. The van der Waals surface area contributed by atoms with Crippen LogP contribution in [0.1, 0.15) is 24.5 Å². The van der Waals surface area contributed by atoms with Gasteiger partial charge < -0.3 is 9.47 Å². The second-order valence-corrected chi connectivity index (χ2v) is 3.63. The number of Topliss-reactive ketones (excluding diaryl/α,β-unsaturated/α-hetero) is 1. The van der Waals surface area contributed by atoms with Crippen molar-refractivity contribution in [3.8, 4) is 0 Å². The van der Waals surface area contributed by atoms with Crippen molar-refractivity contribution in [3.05, 3.63) is 35.9 Å². The van der Waals surface area contributed by atoms with Crippen molar-refractivity contribution in [2.45, 2.75) is 18.9 Å². The summed E-state index contributed by atoms with van der Waals surface area (Å²) in [4.78, 5) is 22.5. The molecule has 0 bridgehead atoms. The van der Waals surface area contributed by atoms with Crippen molar-refractivity contribution in [1.29, 1.82) is 0 Å². The lowest BCUT2D eigenvalue weighted by Gasteiger charge is -2.14. The lowest BCUT2D eigenvalue weighted by Crippen LogP contribution is -2.13. The molecule has 0 spiro atoms. The molecule has 1 aromatic rings. The molecule has 0 aliphatic carbocycles. The van der Waals surface area contributed by atoms with Crippen molar-refractivity contribution < 1.29 is 19.1 Å². The molecule has 1 atom stereocenters. The van der Waals surface area contributed by atoms with E-state index < -0.39 is 5.97 Å². The van der Waals surface area contributed by atoms with Gasteiger partial charge in [-0.1, -0.05) is 30.3 Å². The molecule has 0 fully saturated rings. The highest BCUT2D eigenvalue weighted by Crippen LogP contribution is 2.20. The summed E-state index contributed by atoms with van der Waals surface area (Å²) in [5.74, 6) is -0.703.